The average molecular weight is 328 g/mol. The second-order valence-electron chi connectivity index (χ2n) is 4.02. The van der Waals surface area contributed by atoms with Crippen LogP contribution in [-0.4, -0.2) is 23.9 Å². The first kappa shape index (κ1) is 18.1. The number of pyridine rings is 1. The van der Waals surface area contributed by atoms with Crippen LogP contribution in [0.15, 0.2) is 6.20 Å². The molecule has 0 radical (unpaired) electrons. The van der Waals surface area contributed by atoms with Crippen LogP contribution in [0.25, 0.3) is 0 Å². The molecule has 0 unspecified atom stereocenters. The quantitative estimate of drug-likeness (QED) is 0.641. The second kappa shape index (κ2) is 7.34. The molecule has 0 saturated carbocycles. The van der Waals surface area contributed by atoms with Crippen molar-refractivity contribution in [2.24, 2.45) is 5.73 Å². The smallest absolute Gasteiger partial charge is 0.466 e. The van der Waals surface area contributed by atoms with Gasteiger partial charge in [-0.25, -0.2) is 13.8 Å². The van der Waals surface area contributed by atoms with Gasteiger partial charge in [-0.3, -0.25) is 4.79 Å². The molecule has 5 nitrogen and oxygen atoms in total. The number of nitrogens with zero attached hydrogens (tertiary/aromatic N) is 1. The summed E-state index contributed by atoms with van der Waals surface area (Å²) < 4.78 is 71.5. The van der Waals surface area contributed by atoms with Gasteiger partial charge in [0.1, 0.15) is 0 Å². The Labute approximate surface area is 122 Å². The summed E-state index contributed by atoms with van der Waals surface area (Å²) in [5.41, 5.74) is 3.61. The third-order valence-electron chi connectivity index (χ3n) is 2.54. The molecule has 0 bridgehead atoms. The highest BCUT2D eigenvalue weighted by Gasteiger charge is 2.35. The minimum atomic E-state index is -5.14. The van der Waals surface area contributed by atoms with Crippen molar-refractivity contribution in [3.05, 3.63) is 22.9 Å². The van der Waals surface area contributed by atoms with E-state index in [4.69, 9.17) is 5.73 Å². The van der Waals surface area contributed by atoms with E-state index < -0.39 is 42.2 Å². The van der Waals surface area contributed by atoms with Crippen LogP contribution in [-0.2, 0) is 22.5 Å². The number of nitrogens with two attached hydrogens (primary N) is 1. The molecule has 0 aliphatic carbocycles. The zero-order valence-electron chi connectivity index (χ0n) is 11.4. The Hall–Kier alpha value is -1.97. The minimum Gasteiger partial charge on any atom is -0.466 e. The number of esters is 1. The first-order chi connectivity index (χ1) is 10.2. The van der Waals surface area contributed by atoms with Crippen molar-refractivity contribution in [2.75, 3.05) is 6.61 Å². The maximum absolute atomic E-state index is 13.2. The molecule has 0 saturated heterocycles. The van der Waals surface area contributed by atoms with Crippen molar-refractivity contribution in [2.45, 2.75) is 32.7 Å². The third-order valence-corrected chi connectivity index (χ3v) is 2.54. The van der Waals surface area contributed by atoms with Gasteiger partial charge >= 0.3 is 12.3 Å². The first-order valence-corrected chi connectivity index (χ1v) is 6.09. The molecule has 0 aromatic carbocycles. The Morgan fingerprint density at radius 1 is 1.41 bits per heavy atom. The van der Waals surface area contributed by atoms with E-state index in [9.17, 15) is 26.7 Å². The molecular weight excluding hydrogens is 315 g/mol. The number of carbonyl (C=O) groups excluding carboxylic acids is 1. The van der Waals surface area contributed by atoms with Crippen LogP contribution in [0.2, 0.25) is 0 Å². The fraction of sp³-hybridized carbons (Fsp3) is 0.500. The summed E-state index contributed by atoms with van der Waals surface area (Å²) in [4.78, 5) is 14.8. The van der Waals surface area contributed by atoms with E-state index in [2.05, 4.69) is 14.5 Å². The van der Waals surface area contributed by atoms with Gasteiger partial charge in [0.15, 0.2) is 0 Å². The SMILES string of the molecule is CCOC(=O)Cc1c(OC(F)(F)F)ncc(CN)c1C(F)F. The predicted octanol–water partition coefficient (Wildman–Crippen LogP) is 2.48. The number of hydrogen-bond acceptors (Lipinski definition) is 5. The molecule has 0 aliphatic heterocycles. The molecule has 1 aromatic rings. The Bertz CT molecular complexity index is 534. The van der Waals surface area contributed by atoms with E-state index >= 15 is 0 Å². The number of alkyl halides is 5. The second-order valence-corrected chi connectivity index (χ2v) is 4.02. The number of rotatable bonds is 6. The lowest BCUT2D eigenvalue weighted by molar-refractivity contribution is -0.276. The highest BCUT2D eigenvalue weighted by atomic mass is 19.4. The maximum Gasteiger partial charge on any atom is 0.574 e. The Morgan fingerprint density at radius 2 is 2.05 bits per heavy atom. The van der Waals surface area contributed by atoms with Crippen LogP contribution < -0.4 is 10.5 Å². The zero-order valence-corrected chi connectivity index (χ0v) is 11.4. The van der Waals surface area contributed by atoms with E-state index in [1.807, 2.05) is 0 Å². The van der Waals surface area contributed by atoms with Crippen LogP contribution in [0.5, 0.6) is 5.88 Å². The van der Waals surface area contributed by atoms with Crippen molar-refractivity contribution in [1.82, 2.24) is 4.98 Å². The fourth-order valence-corrected chi connectivity index (χ4v) is 1.75. The van der Waals surface area contributed by atoms with E-state index in [1.165, 1.54) is 6.92 Å². The number of aromatic nitrogens is 1. The molecule has 2 N–H and O–H groups in total. The summed E-state index contributed by atoms with van der Waals surface area (Å²) >= 11 is 0. The van der Waals surface area contributed by atoms with Gasteiger partial charge in [-0.05, 0) is 12.5 Å². The van der Waals surface area contributed by atoms with Crippen LogP contribution in [0.3, 0.4) is 0 Å². The molecule has 0 aliphatic rings. The van der Waals surface area contributed by atoms with Crippen molar-refractivity contribution in [1.29, 1.82) is 0 Å². The fourth-order valence-electron chi connectivity index (χ4n) is 1.75. The number of hydrogen-bond donors (Lipinski definition) is 1. The summed E-state index contributed by atoms with van der Waals surface area (Å²) in [6.45, 7) is 1.03. The van der Waals surface area contributed by atoms with Crippen LogP contribution in [0.1, 0.15) is 30.0 Å². The van der Waals surface area contributed by atoms with Gasteiger partial charge < -0.3 is 15.2 Å². The largest absolute Gasteiger partial charge is 0.574 e. The summed E-state index contributed by atoms with van der Waals surface area (Å²) in [6.07, 6.45) is -8.36. The maximum atomic E-state index is 13.2. The lowest BCUT2D eigenvalue weighted by Gasteiger charge is -2.17. The van der Waals surface area contributed by atoms with Crippen molar-refractivity contribution in [3.8, 4) is 5.88 Å². The molecule has 1 heterocycles. The molecule has 0 spiro atoms. The molecular formula is C12H13F5N2O3. The van der Waals surface area contributed by atoms with Crippen molar-refractivity contribution >= 4 is 5.97 Å². The molecule has 124 valence electrons. The Morgan fingerprint density at radius 3 is 2.50 bits per heavy atom. The van der Waals surface area contributed by atoms with E-state index in [1.54, 1.807) is 0 Å². The molecule has 10 heteroatoms. The Balaban J connectivity index is 3.37. The number of carbonyl (C=O) groups is 1. The van der Waals surface area contributed by atoms with Crippen LogP contribution in [0.4, 0.5) is 22.0 Å². The van der Waals surface area contributed by atoms with Gasteiger partial charge in [0.05, 0.1) is 13.0 Å². The normalized spacial score (nSPS) is 11.6. The van der Waals surface area contributed by atoms with Gasteiger partial charge in [0, 0.05) is 23.9 Å². The monoisotopic (exact) mass is 328 g/mol. The van der Waals surface area contributed by atoms with Crippen LogP contribution in [0, 0.1) is 0 Å². The number of ether oxygens (including phenoxy) is 2. The molecule has 1 aromatic heterocycles. The molecule has 0 fully saturated rings. The summed E-state index contributed by atoms with van der Waals surface area (Å²) in [5.74, 6) is -2.10. The highest BCUT2D eigenvalue weighted by molar-refractivity contribution is 5.74. The topological polar surface area (TPSA) is 74.4 Å². The van der Waals surface area contributed by atoms with E-state index in [0.29, 0.717) is 0 Å². The Kier molecular flexibility index (Phi) is 6.03. The van der Waals surface area contributed by atoms with Crippen molar-refractivity contribution in [3.63, 3.8) is 0 Å². The molecule has 22 heavy (non-hydrogen) atoms. The standard InChI is InChI=1S/C12H13F5N2O3/c1-2-21-8(20)3-7-9(10(13)14)6(4-18)5-19-11(7)22-12(15,16)17/h5,10H,2-4,18H2,1H3. The summed E-state index contributed by atoms with van der Waals surface area (Å²) in [5, 5.41) is 0. The average Bonchev–Trinajstić information content (AvgIpc) is 2.38. The molecule has 0 amide bonds. The predicted molar refractivity (Wildman–Crippen MR) is 64.1 cm³/mol. The molecule has 1 rings (SSSR count). The summed E-state index contributed by atoms with van der Waals surface area (Å²) in [7, 11) is 0. The van der Waals surface area contributed by atoms with E-state index in [-0.39, 0.29) is 18.7 Å². The molecule has 0 atom stereocenters. The zero-order chi connectivity index (χ0) is 16.9. The van der Waals surface area contributed by atoms with Crippen LogP contribution >= 0.6 is 0 Å². The van der Waals surface area contributed by atoms with Crippen molar-refractivity contribution < 1.29 is 36.2 Å². The summed E-state index contributed by atoms with van der Waals surface area (Å²) in [6, 6.07) is 0. The third kappa shape index (κ3) is 4.79. The lowest BCUT2D eigenvalue weighted by Crippen LogP contribution is -2.22. The minimum absolute atomic E-state index is 0.0533. The number of halogens is 5. The van der Waals surface area contributed by atoms with Gasteiger partial charge in [0.2, 0.25) is 5.88 Å². The van der Waals surface area contributed by atoms with Gasteiger partial charge in [-0.15, -0.1) is 13.2 Å². The van der Waals surface area contributed by atoms with Gasteiger partial charge in [-0.2, -0.15) is 0 Å². The van der Waals surface area contributed by atoms with E-state index in [0.717, 1.165) is 6.20 Å². The van der Waals surface area contributed by atoms with Gasteiger partial charge in [-0.1, -0.05) is 0 Å². The first-order valence-electron chi connectivity index (χ1n) is 6.09. The highest BCUT2D eigenvalue weighted by Crippen LogP contribution is 2.34. The van der Waals surface area contributed by atoms with Gasteiger partial charge in [0.25, 0.3) is 6.43 Å². The lowest BCUT2D eigenvalue weighted by atomic mass is 10.0.